The van der Waals surface area contributed by atoms with Gasteiger partial charge in [-0.1, -0.05) is 18.2 Å². The molecule has 0 aliphatic heterocycles. The third-order valence-electron chi connectivity index (χ3n) is 2.95. The Morgan fingerprint density at radius 1 is 1.26 bits per heavy atom. The molecule has 0 fully saturated rings. The molecular formula is C16H20N2O. The van der Waals surface area contributed by atoms with Gasteiger partial charge in [0.25, 0.3) is 0 Å². The third kappa shape index (κ3) is 4.07. The molecule has 1 aromatic carbocycles. The summed E-state index contributed by atoms with van der Waals surface area (Å²) in [6.07, 6.45) is 2.65. The number of pyridine rings is 1. The molecule has 2 aromatic rings. The van der Waals surface area contributed by atoms with Gasteiger partial charge >= 0.3 is 0 Å². The van der Waals surface area contributed by atoms with Crippen molar-refractivity contribution in [2.24, 2.45) is 5.73 Å². The molecular weight excluding hydrogens is 236 g/mol. The summed E-state index contributed by atoms with van der Waals surface area (Å²) in [7, 11) is 0. The minimum absolute atomic E-state index is 0.160. The molecule has 100 valence electrons. The van der Waals surface area contributed by atoms with Crippen LogP contribution in [0.4, 0.5) is 0 Å². The highest BCUT2D eigenvalue weighted by molar-refractivity contribution is 5.29. The number of ether oxygens (including phenoxy) is 1. The van der Waals surface area contributed by atoms with Crippen molar-refractivity contribution in [1.29, 1.82) is 0 Å². The summed E-state index contributed by atoms with van der Waals surface area (Å²) >= 11 is 0. The van der Waals surface area contributed by atoms with Gasteiger partial charge < -0.3 is 10.5 Å². The molecule has 0 aliphatic carbocycles. The molecule has 0 saturated carbocycles. The predicted molar refractivity (Wildman–Crippen MR) is 77.1 cm³/mol. The average molecular weight is 256 g/mol. The van der Waals surface area contributed by atoms with Crippen LogP contribution in [-0.4, -0.2) is 11.0 Å². The topological polar surface area (TPSA) is 48.1 Å². The first-order valence-electron chi connectivity index (χ1n) is 6.53. The molecule has 0 amide bonds. The number of aryl methyl sites for hydroxylation is 1. The number of aromatic nitrogens is 1. The fourth-order valence-corrected chi connectivity index (χ4v) is 1.96. The summed E-state index contributed by atoms with van der Waals surface area (Å²) in [6, 6.07) is 12.2. The van der Waals surface area contributed by atoms with Crippen LogP contribution >= 0.6 is 0 Å². The molecule has 0 aliphatic rings. The van der Waals surface area contributed by atoms with Gasteiger partial charge in [-0.25, -0.2) is 0 Å². The van der Waals surface area contributed by atoms with Gasteiger partial charge in [0.2, 0.25) is 0 Å². The molecule has 2 rings (SSSR count). The van der Waals surface area contributed by atoms with Crippen LogP contribution in [0.1, 0.15) is 23.7 Å². The molecule has 0 saturated heterocycles. The molecule has 1 heterocycles. The Hall–Kier alpha value is -1.87. The van der Waals surface area contributed by atoms with Crippen LogP contribution < -0.4 is 10.5 Å². The van der Waals surface area contributed by atoms with Crippen molar-refractivity contribution in [3.05, 3.63) is 59.4 Å². The zero-order chi connectivity index (χ0) is 13.7. The van der Waals surface area contributed by atoms with Gasteiger partial charge in [0.05, 0.1) is 5.69 Å². The van der Waals surface area contributed by atoms with E-state index in [0.29, 0.717) is 6.61 Å². The lowest BCUT2D eigenvalue weighted by atomic mass is 10.1. The van der Waals surface area contributed by atoms with Crippen LogP contribution in [0.3, 0.4) is 0 Å². The summed E-state index contributed by atoms with van der Waals surface area (Å²) in [5.74, 6) is 0.864. The summed E-state index contributed by atoms with van der Waals surface area (Å²) < 4.78 is 5.79. The Morgan fingerprint density at radius 3 is 2.84 bits per heavy atom. The Bertz CT molecular complexity index is 538. The lowest BCUT2D eigenvalue weighted by Crippen LogP contribution is -2.17. The summed E-state index contributed by atoms with van der Waals surface area (Å²) in [5, 5.41) is 0. The van der Waals surface area contributed by atoms with E-state index < -0.39 is 0 Å². The molecule has 3 heteroatoms. The summed E-state index contributed by atoms with van der Waals surface area (Å²) in [4.78, 5) is 4.32. The van der Waals surface area contributed by atoms with Crippen LogP contribution in [0.2, 0.25) is 0 Å². The van der Waals surface area contributed by atoms with Crippen molar-refractivity contribution in [3.63, 3.8) is 0 Å². The van der Waals surface area contributed by atoms with E-state index in [1.165, 1.54) is 5.56 Å². The quantitative estimate of drug-likeness (QED) is 0.894. The van der Waals surface area contributed by atoms with Gasteiger partial charge in [-0.05, 0) is 49.6 Å². The van der Waals surface area contributed by atoms with Gasteiger partial charge in [0.1, 0.15) is 12.4 Å². The molecule has 1 aromatic heterocycles. The van der Waals surface area contributed by atoms with E-state index in [0.717, 1.165) is 23.4 Å². The Morgan fingerprint density at radius 2 is 2.11 bits per heavy atom. The standard InChI is InChI=1S/C16H20N2O/c1-12-5-4-8-18-16(12)11-19-15-7-3-6-14(10-15)9-13(2)17/h3-8,10,13H,9,11,17H2,1-2H3. The van der Waals surface area contributed by atoms with Crippen LogP contribution in [0.5, 0.6) is 5.75 Å². The number of rotatable bonds is 5. The highest BCUT2D eigenvalue weighted by Gasteiger charge is 2.03. The maximum atomic E-state index is 5.81. The largest absolute Gasteiger partial charge is 0.487 e. The molecule has 1 atom stereocenters. The van der Waals surface area contributed by atoms with Crippen molar-refractivity contribution < 1.29 is 4.74 Å². The summed E-state index contributed by atoms with van der Waals surface area (Å²) in [5.41, 5.74) is 9.13. The van der Waals surface area contributed by atoms with Crippen LogP contribution in [0.25, 0.3) is 0 Å². The molecule has 0 bridgehead atoms. The minimum Gasteiger partial charge on any atom is -0.487 e. The second kappa shape index (κ2) is 6.34. The smallest absolute Gasteiger partial charge is 0.130 e. The van der Waals surface area contributed by atoms with Gasteiger partial charge in [0, 0.05) is 12.2 Å². The van der Waals surface area contributed by atoms with Crippen molar-refractivity contribution in [2.45, 2.75) is 32.9 Å². The first-order chi connectivity index (χ1) is 9.15. The number of benzene rings is 1. The SMILES string of the molecule is Cc1cccnc1COc1cccc(CC(C)N)c1. The number of hydrogen-bond acceptors (Lipinski definition) is 3. The maximum absolute atomic E-state index is 5.81. The van der Waals surface area contributed by atoms with E-state index in [4.69, 9.17) is 10.5 Å². The zero-order valence-corrected chi connectivity index (χ0v) is 11.5. The Kier molecular flexibility index (Phi) is 4.53. The normalized spacial score (nSPS) is 12.2. The monoisotopic (exact) mass is 256 g/mol. The van der Waals surface area contributed by atoms with Gasteiger partial charge in [-0.15, -0.1) is 0 Å². The fourth-order valence-electron chi connectivity index (χ4n) is 1.96. The highest BCUT2D eigenvalue weighted by Crippen LogP contribution is 2.16. The lowest BCUT2D eigenvalue weighted by Gasteiger charge is -2.10. The second-order valence-corrected chi connectivity index (χ2v) is 4.88. The first-order valence-corrected chi connectivity index (χ1v) is 6.53. The van der Waals surface area contributed by atoms with E-state index in [9.17, 15) is 0 Å². The zero-order valence-electron chi connectivity index (χ0n) is 11.5. The lowest BCUT2D eigenvalue weighted by molar-refractivity contribution is 0.300. The first kappa shape index (κ1) is 13.6. The number of hydrogen-bond donors (Lipinski definition) is 1. The highest BCUT2D eigenvalue weighted by atomic mass is 16.5. The maximum Gasteiger partial charge on any atom is 0.130 e. The van der Waals surface area contributed by atoms with Crippen LogP contribution in [-0.2, 0) is 13.0 Å². The molecule has 1 unspecified atom stereocenters. The molecule has 2 N–H and O–H groups in total. The second-order valence-electron chi connectivity index (χ2n) is 4.88. The molecule has 0 spiro atoms. The van der Waals surface area contributed by atoms with E-state index >= 15 is 0 Å². The van der Waals surface area contributed by atoms with Crippen molar-refractivity contribution >= 4 is 0 Å². The molecule has 19 heavy (non-hydrogen) atoms. The van der Waals surface area contributed by atoms with Gasteiger partial charge in [-0.2, -0.15) is 0 Å². The number of nitrogens with two attached hydrogens (primary N) is 1. The predicted octanol–water partition coefficient (Wildman–Crippen LogP) is 2.86. The fraction of sp³-hybridized carbons (Fsp3) is 0.312. The van der Waals surface area contributed by atoms with E-state index in [1.54, 1.807) is 6.20 Å². The van der Waals surface area contributed by atoms with Crippen LogP contribution in [0.15, 0.2) is 42.6 Å². The summed E-state index contributed by atoms with van der Waals surface area (Å²) in [6.45, 7) is 4.54. The van der Waals surface area contributed by atoms with Crippen molar-refractivity contribution in [2.75, 3.05) is 0 Å². The van der Waals surface area contributed by atoms with E-state index in [-0.39, 0.29) is 6.04 Å². The van der Waals surface area contributed by atoms with Gasteiger partial charge in [-0.3, -0.25) is 4.98 Å². The third-order valence-corrected chi connectivity index (χ3v) is 2.95. The minimum atomic E-state index is 0.160. The van der Waals surface area contributed by atoms with Crippen LogP contribution in [0, 0.1) is 6.92 Å². The van der Waals surface area contributed by atoms with Crippen molar-refractivity contribution in [3.8, 4) is 5.75 Å². The van der Waals surface area contributed by atoms with Crippen molar-refractivity contribution in [1.82, 2.24) is 4.98 Å². The van der Waals surface area contributed by atoms with E-state index in [1.807, 2.05) is 44.2 Å². The van der Waals surface area contributed by atoms with E-state index in [2.05, 4.69) is 11.1 Å². The average Bonchev–Trinajstić information content (AvgIpc) is 2.37. The Labute approximate surface area is 114 Å². The number of nitrogens with zero attached hydrogens (tertiary/aromatic N) is 1. The van der Waals surface area contributed by atoms with Gasteiger partial charge in [0.15, 0.2) is 0 Å². The molecule has 3 nitrogen and oxygen atoms in total. The Balaban J connectivity index is 2.02. The molecule has 0 radical (unpaired) electrons.